The van der Waals surface area contributed by atoms with Gasteiger partial charge in [-0.3, -0.25) is 0 Å². The average Bonchev–Trinajstić information content (AvgIpc) is 3.07. The Hall–Kier alpha value is -0.534. The Kier molecular flexibility index (Phi) is 6.37. The fourth-order valence-corrected chi connectivity index (χ4v) is 4.00. The molecule has 2 fully saturated rings. The Balaban J connectivity index is 0.000000210. The number of hydrogen-bond acceptors (Lipinski definition) is 0. The summed E-state index contributed by atoms with van der Waals surface area (Å²) in [5.41, 5.74) is 3.57. The number of rotatable bonds is 0. The molecule has 0 bridgehead atoms. The van der Waals surface area contributed by atoms with Gasteiger partial charge in [-0.05, 0) is 50.4 Å². The summed E-state index contributed by atoms with van der Waals surface area (Å²) in [4.78, 5) is 0. The molecule has 0 aromatic rings. The van der Waals surface area contributed by atoms with Crippen molar-refractivity contribution in [2.75, 3.05) is 0 Å². The van der Waals surface area contributed by atoms with Crippen LogP contribution >= 0.6 is 0 Å². The topological polar surface area (TPSA) is 0 Å². The summed E-state index contributed by atoms with van der Waals surface area (Å²) >= 11 is 0. The second kappa shape index (κ2) is 8.04. The van der Waals surface area contributed by atoms with E-state index in [9.17, 15) is 0 Å². The fraction of sp³-hybridized carbons (Fsp3) is 0.526. The molecule has 0 saturated heterocycles. The van der Waals surface area contributed by atoms with Crippen LogP contribution in [0.1, 0.15) is 51.4 Å². The minimum Gasteiger partial charge on any atom is -0.0767 e. The minimum absolute atomic E-state index is 0. The van der Waals surface area contributed by atoms with Crippen LogP contribution in [0.25, 0.3) is 0 Å². The summed E-state index contributed by atoms with van der Waals surface area (Å²) in [6.07, 6.45) is 26.5. The summed E-state index contributed by atoms with van der Waals surface area (Å²) in [5, 5.41) is 0. The maximum atomic E-state index is 2.46. The van der Waals surface area contributed by atoms with Crippen LogP contribution in [0.5, 0.6) is 0 Å². The number of allylic oxidation sites excluding steroid dienone is 8. The monoisotopic (exact) mass is 312 g/mol. The van der Waals surface area contributed by atoms with Crippen LogP contribution in [-0.4, -0.2) is 0 Å². The van der Waals surface area contributed by atoms with Crippen LogP contribution in [0.15, 0.2) is 47.6 Å². The third kappa shape index (κ3) is 3.77. The molecule has 4 rings (SSSR count). The summed E-state index contributed by atoms with van der Waals surface area (Å²) in [7, 11) is 0. The first-order valence-corrected chi connectivity index (χ1v) is 8.01. The van der Waals surface area contributed by atoms with E-state index in [1.807, 2.05) is 30.7 Å². The van der Waals surface area contributed by atoms with Gasteiger partial charge in [0.2, 0.25) is 0 Å². The Bertz CT molecular complexity index is 385. The maximum Gasteiger partial charge on any atom is 0.00506 e. The SMILES string of the molecule is C1=C2CCCC[C@@H]2[C@H]2CCCCC2=C1.[CH]1C=CC=C1.[Co]. The predicted octanol–water partition coefficient (Wildman–Crippen LogP) is 5.55. The summed E-state index contributed by atoms with van der Waals surface area (Å²) in [5.74, 6) is 1.92. The molecule has 0 unspecified atom stereocenters. The molecule has 0 aromatic heterocycles. The molecule has 0 amide bonds. The quantitative estimate of drug-likeness (QED) is 0.550. The minimum atomic E-state index is 0. The first-order valence-electron chi connectivity index (χ1n) is 8.01. The van der Waals surface area contributed by atoms with E-state index in [2.05, 4.69) is 12.2 Å². The van der Waals surface area contributed by atoms with E-state index in [-0.39, 0.29) is 16.8 Å². The van der Waals surface area contributed by atoms with Crippen LogP contribution in [0.2, 0.25) is 0 Å². The Morgan fingerprint density at radius 2 is 1.15 bits per heavy atom. The van der Waals surface area contributed by atoms with Crippen molar-refractivity contribution in [3.05, 3.63) is 54.0 Å². The van der Waals surface area contributed by atoms with Crippen LogP contribution in [-0.2, 0) is 16.8 Å². The maximum absolute atomic E-state index is 2.46. The summed E-state index contributed by atoms with van der Waals surface area (Å²) < 4.78 is 0. The van der Waals surface area contributed by atoms with Crippen molar-refractivity contribution in [3.8, 4) is 0 Å². The number of hydrogen-bond donors (Lipinski definition) is 0. The van der Waals surface area contributed by atoms with Gasteiger partial charge in [0.25, 0.3) is 0 Å². The first-order chi connectivity index (χ1) is 9.45. The molecular formula is C19H25Co. The third-order valence-electron chi connectivity index (χ3n) is 4.97. The zero-order valence-corrected chi connectivity index (χ0v) is 13.2. The molecule has 0 N–H and O–H groups in total. The fourth-order valence-electron chi connectivity index (χ4n) is 4.00. The molecule has 0 nitrogen and oxygen atoms in total. The Morgan fingerprint density at radius 3 is 1.55 bits per heavy atom. The van der Waals surface area contributed by atoms with E-state index in [0.717, 1.165) is 11.8 Å². The van der Waals surface area contributed by atoms with E-state index in [1.54, 1.807) is 11.1 Å². The van der Waals surface area contributed by atoms with Crippen molar-refractivity contribution in [1.82, 2.24) is 0 Å². The van der Waals surface area contributed by atoms with Crippen molar-refractivity contribution < 1.29 is 16.8 Å². The molecule has 4 aliphatic carbocycles. The smallest absolute Gasteiger partial charge is 0.00506 e. The van der Waals surface area contributed by atoms with Crippen molar-refractivity contribution in [2.24, 2.45) is 11.8 Å². The van der Waals surface area contributed by atoms with E-state index in [1.165, 1.54) is 51.4 Å². The van der Waals surface area contributed by atoms with Gasteiger partial charge < -0.3 is 0 Å². The second-order valence-corrected chi connectivity index (χ2v) is 6.15. The van der Waals surface area contributed by atoms with Gasteiger partial charge in [0.15, 0.2) is 0 Å². The van der Waals surface area contributed by atoms with E-state index in [0.29, 0.717) is 0 Å². The Labute approximate surface area is 134 Å². The summed E-state index contributed by atoms with van der Waals surface area (Å²) in [6, 6.07) is 0. The summed E-state index contributed by atoms with van der Waals surface area (Å²) in [6.45, 7) is 0. The molecule has 1 heteroatoms. The first kappa shape index (κ1) is 15.8. The van der Waals surface area contributed by atoms with E-state index < -0.39 is 0 Å². The van der Waals surface area contributed by atoms with Gasteiger partial charge in [-0.2, -0.15) is 0 Å². The molecular weight excluding hydrogens is 287 g/mol. The van der Waals surface area contributed by atoms with Gasteiger partial charge in [0.1, 0.15) is 0 Å². The third-order valence-corrected chi connectivity index (χ3v) is 4.97. The van der Waals surface area contributed by atoms with E-state index in [4.69, 9.17) is 0 Å². The average molecular weight is 312 g/mol. The van der Waals surface area contributed by atoms with Gasteiger partial charge in [-0.1, -0.05) is 60.4 Å². The Morgan fingerprint density at radius 1 is 0.650 bits per heavy atom. The van der Waals surface area contributed by atoms with Crippen molar-refractivity contribution in [2.45, 2.75) is 51.4 Å². The van der Waals surface area contributed by atoms with Crippen molar-refractivity contribution in [3.63, 3.8) is 0 Å². The zero-order valence-electron chi connectivity index (χ0n) is 12.2. The molecule has 2 radical (unpaired) electrons. The molecule has 0 aromatic carbocycles. The van der Waals surface area contributed by atoms with Gasteiger partial charge >= 0.3 is 0 Å². The van der Waals surface area contributed by atoms with E-state index >= 15 is 0 Å². The molecule has 0 aliphatic heterocycles. The van der Waals surface area contributed by atoms with Crippen LogP contribution < -0.4 is 0 Å². The molecule has 2 atom stereocenters. The van der Waals surface area contributed by atoms with Crippen molar-refractivity contribution >= 4 is 0 Å². The standard InChI is InChI=1S/C14H20.C5H5.Co/c1-3-7-13-11(5-1)9-10-12-6-2-4-8-14(12)13;1-2-4-5-3-1;/h9-10,13-14H,1-8H2;1-5H;/t13-,14-;;/m0../s1. The normalized spacial score (nSPS) is 30.0. The molecule has 2 saturated carbocycles. The molecule has 20 heavy (non-hydrogen) atoms. The van der Waals surface area contributed by atoms with Crippen LogP contribution in [0, 0.1) is 18.3 Å². The molecule has 110 valence electrons. The predicted molar refractivity (Wildman–Crippen MR) is 82.7 cm³/mol. The largest absolute Gasteiger partial charge is 0.0767 e. The van der Waals surface area contributed by atoms with Gasteiger partial charge in [-0.25, -0.2) is 0 Å². The van der Waals surface area contributed by atoms with Gasteiger partial charge in [0, 0.05) is 23.2 Å². The van der Waals surface area contributed by atoms with Crippen LogP contribution in [0.3, 0.4) is 0 Å². The second-order valence-electron chi connectivity index (χ2n) is 6.15. The van der Waals surface area contributed by atoms with Crippen LogP contribution in [0.4, 0.5) is 0 Å². The van der Waals surface area contributed by atoms with Crippen molar-refractivity contribution in [1.29, 1.82) is 0 Å². The molecule has 4 aliphatic rings. The van der Waals surface area contributed by atoms with Gasteiger partial charge in [0.05, 0.1) is 0 Å². The van der Waals surface area contributed by atoms with Gasteiger partial charge in [-0.15, -0.1) is 0 Å². The molecule has 0 spiro atoms. The number of fused-ring (bicyclic) bond motifs is 3. The molecule has 0 heterocycles. The zero-order chi connectivity index (χ0) is 12.9.